The summed E-state index contributed by atoms with van der Waals surface area (Å²) in [5.41, 5.74) is 4.84. The van der Waals surface area contributed by atoms with E-state index in [2.05, 4.69) is 47.0 Å². The number of carbonyl (C=O) groups excluding carboxylic acids is 1. The molecule has 0 radical (unpaired) electrons. The molecule has 3 aromatic carbocycles. The van der Waals surface area contributed by atoms with Crippen molar-refractivity contribution in [2.75, 3.05) is 10.6 Å². The maximum atomic E-state index is 13.4. The monoisotopic (exact) mass is 446 g/mol. The van der Waals surface area contributed by atoms with Crippen molar-refractivity contribution in [3.63, 3.8) is 0 Å². The first-order valence-electron chi connectivity index (χ1n) is 11.3. The van der Waals surface area contributed by atoms with E-state index >= 15 is 0 Å². The van der Waals surface area contributed by atoms with Crippen LogP contribution in [0.4, 0.5) is 15.8 Å². The second kappa shape index (κ2) is 7.63. The largest absolute Gasteiger partial charge is 0.378 e. The van der Waals surface area contributed by atoms with Gasteiger partial charge in [0, 0.05) is 16.9 Å². The zero-order valence-corrected chi connectivity index (χ0v) is 18.3. The molecule has 2 fully saturated rings. The van der Waals surface area contributed by atoms with Crippen LogP contribution in [0.15, 0.2) is 66.7 Å². The highest BCUT2D eigenvalue weighted by Gasteiger charge is 2.53. The van der Waals surface area contributed by atoms with Crippen LogP contribution in [-0.4, -0.2) is 5.91 Å². The van der Waals surface area contributed by atoms with Crippen LogP contribution in [0.3, 0.4) is 0 Å². The maximum Gasteiger partial charge on any atom is 0.255 e. The van der Waals surface area contributed by atoms with Crippen LogP contribution in [-0.2, 0) is 0 Å². The molecule has 0 saturated heterocycles. The van der Waals surface area contributed by atoms with Gasteiger partial charge < -0.3 is 10.6 Å². The van der Waals surface area contributed by atoms with Crippen molar-refractivity contribution in [1.82, 2.24) is 0 Å². The lowest BCUT2D eigenvalue weighted by molar-refractivity contribution is 0.102. The van der Waals surface area contributed by atoms with Gasteiger partial charge >= 0.3 is 0 Å². The summed E-state index contributed by atoms with van der Waals surface area (Å²) in [6.45, 7) is 0. The third kappa shape index (κ3) is 3.20. The summed E-state index contributed by atoms with van der Waals surface area (Å²) in [5.74, 6) is 1.74. The summed E-state index contributed by atoms with van der Waals surface area (Å²) < 4.78 is 13.4. The molecule has 3 aliphatic rings. The molecule has 5 heteroatoms. The van der Waals surface area contributed by atoms with Crippen molar-refractivity contribution in [1.29, 1.82) is 0 Å². The molecule has 2 N–H and O–H groups in total. The van der Waals surface area contributed by atoms with Crippen LogP contribution in [0.2, 0.25) is 5.02 Å². The number of benzene rings is 3. The van der Waals surface area contributed by atoms with Gasteiger partial charge in [-0.1, -0.05) is 41.9 Å². The maximum absolute atomic E-state index is 13.4. The van der Waals surface area contributed by atoms with Crippen molar-refractivity contribution in [3.05, 3.63) is 94.3 Å². The number of nitrogens with one attached hydrogen (secondary N) is 2. The van der Waals surface area contributed by atoms with E-state index in [0.29, 0.717) is 35.0 Å². The number of carbonyl (C=O) groups is 1. The summed E-state index contributed by atoms with van der Waals surface area (Å²) in [5, 5.41) is 6.65. The first-order chi connectivity index (χ1) is 15.6. The molecule has 1 amide bonds. The molecule has 2 bridgehead atoms. The minimum atomic E-state index is -0.500. The molecule has 2 aliphatic carbocycles. The van der Waals surface area contributed by atoms with Gasteiger partial charge in [0.2, 0.25) is 0 Å². The highest BCUT2D eigenvalue weighted by atomic mass is 35.5. The molecular formula is C27H24ClFN2O. The number of hydrogen-bond donors (Lipinski definition) is 2. The van der Waals surface area contributed by atoms with Crippen LogP contribution in [0.1, 0.15) is 52.7 Å². The number of rotatable bonds is 3. The van der Waals surface area contributed by atoms with E-state index in [1.807, 2.05) is 12.1 Å². The molecule has 32 heavy (non-hydrogen) atoms. The Labute approximate surface area is 192 Å². The zero-order valence-electron chi connectivity index (χ0n) is 17.5. The Balaban J connectivity index is 1.34. The lowest BCUT2D eigenvalue weighted by Crippen LogP contribution is -2.35. The molecule has 5 atom stereocenters. The summed E-state index contributed by atoms with van der Waals surface area (Å²) in [7, 11) is 0. The molecule has 6 rings (SSSR count). The zero-order chi connectivity index (χ0) is 21.8. The van der Waals surface area contributed by atoms with Crippen molar-refractivity contribution in [3.8, 4) is 0 Å². The summed E-state index contributed by atoms with van der Waals surface area (Å²) in [6, 6.07) is 21.2. The minimum absolute atomic E-state index is 0.00535. The van der Waals surface area contributed by atoms with Gasteiger partial charge in [-0.15, -0.1) is 0 Å². The second-order valence-electron chi connectivity index (χ2n) is 9.35. The van der Waals surface area contributed by atoms with E-state index in [1.165, 1.54) is 48.6 Å². The van der Waals surface area contributed by atoms with Crippen molar-refractivity contribution >= 4 is 28.9 Å². The number of fused-ring (bicyclic) bond motifs is 7. The number of amides is 1. The molecule has 0 aromatic heterocycles. The van der Waals surface area contributed by atoms with Gasteiger partial charge in [0.15, 0.2) is 0 Å². The van der Waals surface area contributed by atoms with Crippen LogP contribution >= 0.6 is 11.6 Å². The fourth-order valence-corrected chi connectivity index (χ4v) is 6.58. The summed E-state index contributed by atoms with van der Waals surface area (Å²) in [4.78, 5) is 13.0. The van der Waals surface area contributed by atoms with Gasteiger partial charge in [0.05, 0.1) is 11.1 Å². The molecule has 1 heterocycles. The highest BCUT2D eigenvalue weighted by molar-refractivity contribution is 6.31. The average Bonchev–Trinajstić information content (AvgIpc) is 3.44. The van der Waals surface area contributed by atoms with Crippen LogP contribution in [0.5, 0.6) is 0 Å². The van der Waals surface area contributed by atoms with Gasteiger partial charge in [-0.3, -0.25) is 4.79 Å². The number of halogens is 2. The predicted molar refractivity (Wildman–Crippen MR) is 126 cm³/mol. The number of anilines is 2. The SMILES string of the molecule is O=C(Nc1ccc(F)c(Cl)c1)c1ccc2c(c1)[C@@H]1[C@H]3CC[C@@H](C3)[C@@H]1[C@H](c1ccccc1)N2. The van der Waals surface area contributed by atoms with E-state index in [0.717, 1.165) is 11.6 Å². The summed E-state index contributed by atoms with van der Waals surface area (Å²) >= 11 is 5.86. The Morgan fingerprint density at radius 3 is 2.62 bits per heavy atom. The van der Waals surface area contributed by atoms with Gasteiger partial charge in [-0.25, -0.2) is 4.39 Å². The number of hydrogen-bond acceptors (Lipinski definition) is 2. The fourth-order valence-electron chi connectivity index (χ4n) is 6.39. The third-order valence-corrected chi connectivity index (χ3v) is 7.98. The molecule has 3 nitrogen and oxygen atoms in total. The first-order valence-corrected chi connectivity index (χ1v) is 11.7. The lowest BCUT2D eigenvalue weighted by atomic mass is 9.68. The van der Waals surface area contributed by atoms with Crippen molar-refractivity contribution < 1.29 is 9.18 Å². The van der Waals surface area contributed by atoms with Gasteiger partial charge in [-0.05, 0) is 90.5 Å². The quantitative estimate of drug-likeness (QED) is 0.453. The van der Waals surface area contributed by atoms with Crippen LogP contribution < -0.4 is 10.6 Å². The van der Waals surface area contributed by atoms with Crippen LogP contribution in [0.25, 0.3) is 0 Å². The minimum Gasteiger partial charge on any atom is -0.378 e. The molecule has 3 aromatic rings. The molecule has 162 valence electrons. The second-order valence-corrected chi connectivity index (χ2v) is 9.76. The Morgan fingerprint density at radius 2 is 1.81 bits per heavy atom. The third-order valence-electron chi connectivity index (χ3n) is 7.69. The summed E-state index contributed by atoms with van der Waals surface area (Å²) in [6.07, 6.45) is 3.86. The van der Waals surface area contributed by atoms with E-state index in [1.54, 1.807) is 0 Å². The van der Waals surface area contributed by atoms with Crippen molar-refractivity contribution in [2.24, 2.45) is 17.8 Å². The van der Waals surface area contributed by atoms with Gasteiger partial charge in [0.25, 0.3) is 5.91 Å². The first kappa shape index (κ1) is 19.8. The fraction of sp³-hybridized carbons (Fsp3) is 0.296. The molecular weight excluding hydrogens is 423 g/mol. The Kier molecular flexibility index (Phi) is 4.72. The smallest absolute Gasteiger partial charge is 0.255 e. The predicted octanol–water partition coefficient (Wildman–Crippen LogP) is 7.03. The molecule has 0 spiro atoms. The Bertz CT molecular complexity index is 1200. The molecule has 2 saturated carbocycles. The van der Waals surface area contributed by atoms with Gasteiger partial charge in [-0.2, -0.15) is 0 Å². The van der Waals surface area contributed by atoms with Gasteiger partial charge in [0.1, 0.15) is 5.82 Å². The van der Waals surface area contributed by atoms with E-state index in [-0.39, 0.29) is 10.9 Å². The highest BCUT2D eigenvalue weighted by Crippen LogP contribution is 2.63. The average molecular weight is 447 g/mol. The van der Waals surface area contributed by atoms with E-state index in [4.69, 9.17) is 11.6 Å². The van der Waals surface area contributed by atoms with Crippen LogP contribution in [0, 0.1) is 23.6 Å². The lowest BCUT2D eigenvalue weighted by Gasteiger charge is -2.43. The Morgan fingerprint density at radius 1 is 1.00 bits per heavy atom. The molecule has 1 aliphatic heterocycles. The van der Waals surface area contributed by atoms with E-state index < -0.39 is 5.82 Å². The normalized spacial score (nSPS) is 27.4. The Hall–Kier alpha value is -2.85. The van der Waals surface area contributed by atoms with Crippen molar-refractivity contribution in [2.45, 2.75) is 31.2 Å². The molecule has 0 unspecified atom stereocenters. The van der Waals surface area contributed by atoms with E-state index in [9.17, 15) is 9.18 Å². The standard InChI is InChI=1S/C27H24ClFN2O/c28-21-14-19(9-10-22(21)29)30-27(32)18-8-11-23-20(13-18)24-16-6-7-17(12-16)25(24)26(31-23)15-4-2-1-3-5-15/h1-5,8-11,13-14,16-17,24-26,31H,6-7,12H2,(H,30,32)/t16-,17-,24-,25-,26-/m0/s1. The topological polar surface area (TPSA) is 41.1 Å².